The first-order valence-corrected chi connectivity index (χ1v) is 3.53. The van der Waals surface area contributed by atoms with Gasteiger partial charge in [0.05, 0.1) is 21.1 Å². The fraction of sp³-hybridized carbons (Fsp3) is 0.857. The van der Waals surface area contributed by atoms with Gasteiger partial charge in [-0.1, -0.05) is 6.92 Å². The molecule has 1 unspecified atom stereocenters. The van der Waals surface area contributed by atoms with Gasteiger partial charge in [-0.25, -0.2) is 0 Å². The Morgan fingerprint density at radius 3 is 2.10 bits per heavy atom. The zero-order valence-electron chi connectivity index (χ0n) is 7.22. The lowest BCUT2D eigenvalue weighted by Crippen LogP contribution is -2.52. The number of carbonyl (C=O) groups is 1. The zero-order valence-corrected chi connectivity index (χ0v) is 7.22. The Hall–Kier alpha value is -0.570. The molecule has 0 saturated heterocycles. The van der Waals surface area contributed by atoms with Crippen molar-refractivity contribution in [2.75, 3.05) is 21.1 Å². The van der Waals surface area contributed by atoms with Gasteiger partial charge < -0.3 is 9.80 Å². The Kier molecular flexibility index (Phi) is 3.36. The molecule has 0 aromatic carbocycles. The summed E-state index contributed by atoms with van der Waals surface area (Å²) in [5, 5.41) is 2.76. The third-order valence-electron chi connectivity index (χ3n) is 1.58. The molecule has 0 bridgehead atoms. The van der Waals surface area contributed by atoms with Gasteiger partial charge in [0.2, 0.25) is 6.41 Å². The van der Waals surface area contributed by atoms with Crippen LogP contribution in [0.1, 0.15) is 13.3 Å². The molecule has 0 aromatic heterocycles. The molecule has 0 saturated carbocycles. The summed E-state index contributed by atoms with van der Waals surface area (Å²) in [6.07, 6.45) is 1.96. The number of hydrogen-bond acceptors (Lipinski definition) is 1. The molecule has 0 aliphatic rings. The summed E-state index contributed by atoms with van der Waals surface area (Å²) in [4.78, 5) is 10.1. The van der Waals surface area contributed by atoms with Gasteiger partial charge in [0, 0.05) is 6.42 Å². The van der Waals surface area contributed by atoms with E-state index in [0.29, 0.717) is 0 Å². The van der Waals surface area contributed by atoms with E-state index in [9.17, 15) is 4.79 Å². The molecule has 0 aliphatic carbocycles. The zero-order chi connectivity index (χ0) is 8.20. The lowest BCUT2D eigenvalue weighted by atomic mass is 10.3. The van der Waals surface area contributed by atoms with Crippen LogP contribution in [0, 0.1) is 0 Å². The molecule has 0 aliphatic heterocycles. The van der Waals surface area contributed by atoms with Crippen LogP contribution in [-0.4, -0.2) is 38.2 Å². The Morgan fingerprint density at radius 1 is 1.50 bits per heavy atom. The molecule has 1 N–H and O–H groups in total. The fourth-order valence-electron chi connectivity index (χ4n) is 0.968. The second kappa shape index (κ2) is 3.56. The monoisotopic (exact) mass is 145 g/mol. The predicted molar refractivity (Wildman–Crippen MR) is 41.3 cm³/mol. The van der Waals surface area contributed by atoms with E-state index in [1.165, 1.54) is 0 Å². The minimum absolute atomic E-state index is 0.234. The van der Waals surface area contributed by atoms with Crippen molar-refractivity contribution in [3.8, 4) is 0 Å². The second-order valence-electron chi connectivity index (χ2n) is 3.32. The van der Waals surface area contributed by atoms with E-state index in [1.807, 2.05) is 0 Å². The van der Waals surface area contributed by atoms with Crippen molar-refractivity contribution in [1.29, 1.82) is 0 Å². The number of rotatable bonds is 4. The molecule has 0 rings (SSSR count). The van der Waals surface area contributed by atoms with E-state index in [4.69, 9.17) is 0 Å². The highest BCUT2D eigenvalue weighted by atomic mass is 16.1. The summed E-state index contributed by atoms with van der Waals surface area (Å²) in [6, 6.07) is 0. The van der Waals surface area contributed by atoms with Gasteiger partial charge >= 0.3 is 0 Å². The summed E-state index contributed by atoms with van der Waals surface area (Å²) in [5.41, 5.74) is 0. The van der Waals surface area contributed by atoms with Crippen LogP contribution in [0.15, 0.2) is 0 Å². The Labute approximate surface area is 62.6 Å². The normalized spacial score (nSPS) is 14.4. The maximum Gasteiger partial charge on any atom is 0.211 e. The predicted octanol–water partition coefficient (Wildman–Crippen LogP) is 0.175. The maximum absolute atomic E-state index is 10.1. The molecule has 1 atom stereocenters. The van der Waals surface area contributed by atoms with Crippen molar-refractivity contribution in [3.05, 3.63) is 0 Å². The number of nitrogens with zero attached hydrogens (tertiary/aromatic N) is 1. The Balaban J connectivity index is 3.92. The highest BCUT2D eigenvalue weighted by molar-refractivity contribution is 5.46. The standard InChI is InChI=1S/C7H16N2O/c1-5-7(8-6-10)9(2,3)4/h6-7H,5H2,1-4H3/p+1. The van der Waals surface area contributed by atoms with E-state index in [2.05, 4.69) is 33.4 Å². The molecule has 0 aromatic rings. The van der Waals surface area contributed by atoms with Gasteiger partial charge in [-0.3, -0.25) is 4.79 Å². The lowest BCUT2D eigenvalue weighted by Gasteiger charge is -2.32. The summed E-state index contributed by atoms with van der Waals surface area (Å²) in [6.45, 7) is 2.06. The number of amides is 1. The highest BCUT2D eigenvalue weighted by Gasteiger charge is 2.19. The van der Waals surface area contributed by atoms with Gasteiger partial charge in [0.1, 0.15) is 0 Å². The summed E-state index contributed by atoms with van der Waals surface area (Å²) in [5.74, 6) is 0. The molecule has 1 amide bonds. The quantitative estimate of drug-likeness (QED) is 0.341. The molecule has 0 radical (unpaired) electrons. The number of quaternary nitrogens is 1. The van der Waals surface area contributed by atoms with Crippen LogP contribution >= 0.6 is 0 Å². The van der Waals surface area contributed by atoms with Crippen molar-refractivity contribution in [3.63, 3.8) is 0 Å². The van der Waals surface area contributed by atoms with E-state index in [1.54, 1.807) is 0 Å². The molecule has 3 nitrogen and oxygen atoms in total. The first-order valence-electron chi connectivity index (χ1n) is 3.53. The van der Waals surface area contributed by atoms with Crippen LogP contribution in [0.5, 0.6) is 0 Å². The SMILES string of the molecule is CCC(NC=O)[N+](C)(C)C. The van der Waals surface area contributed by atoms with Crippen molar-refractivity contribution >= 4 is 6.41 Å². The lowest BCUT2D eigenvalue weighted by molar-refractivity contribution is -0.898. The van der Waals surface area contributed by atoms with Crippen LogP contribution in [0.4, 0.5) is 0 Å². The number of hydrogen-bond donors (Lipinski definition) is 1. The molecule has 60 valence electrons. The van der Waals surface area contributed by atoms with Gasteiger partial charge in [0.25, 0.3) is 0 Å². The van der Waals surface area contributed by atoms with Crippen LogP contribution < -0.4 is 5.32 Å². The molecule has 10 heavy (non-hydrogen) atoms. The molecule has 0 heterocycles. The molecular weight excluding hydrogens is 128 g/mol. The molecule has 3 heteroatoms. The van der Waals surface area contributed by atoms with Crippen LogP contribution in [-0.2, 0) is 4.79 Å². The first kappa shape index (κ1) is 9.43. The van der Waals surface area contributed by atoms with Crippen LogP contribution in [0.2, 0.25) is 0 Å². The average Bonchev–Trinajstić information content (AvgIpc) is 1.80. The van der Waals surface area contributed by atoms with Gasteiger partial charge in [-0.2, -0.15) is 0 Å². The number of nitrogens with one attached hydrogen (secondary N) is 1. The Morgan fingerprint density at radius 2 is 2.00 bits per heavy atom. The maximum atomic E-state index is 10.1. The van der Waals surface area contributed by atoms with E-state index >= 15 is 0 Å². The van der Waals surface area contributed by atoms with E-state index in [0.717, 1.165) is 17.3 Å². The van der Waals surface area contributed by atoms with Gasteiger partial charge in [0.15, 0.2) is 6.17 Å². The largest absolute Gasteiger partial charge is 0.311 e. The minimum atomic E-state index is 0.234. The third-order valence-corrected chi connectivity index (χ3v) is 1.58. The van der Waals surface area contributed by atoms with Crippen LogP contribution in [0.3, 0.4) is 0 Å². The number of carbonyl (C=O) groups excluding carboxylic acids is 1. The van der Waals surface area contributed by atoms with Crippen molar-refractivity contribution in [1.82, 2.24) is 5.32 Å². The van der Waals surface area contributed by atoms with E-state index in [-0.39, 0.29) is 6.17 Å². The molecule has 0 fully saturated rings. The molecule has 0 spiro atoms. The van der Waals surface area contributed by atoms with Gasteiger partial charge in [-0.05, 0) is 0 Å². The average molecular weight is 145 g/mol. The summed E-state index contributed by atoms with van der Waals surface area (Å²) >= 11 is 0. The molecular formula is C7H17N2O+. The van der Waals surface area contributed by atoms with Crippen molar-refractivity contribution < 1.29 is 9.28 Å². The second-order valence-corrected chi connectivity index (χ2v) is 3.32. The van der Waals surface area contributed by atoms with Gasteiger partial charge in [-0.15, -0.1) is 0 Å². The summed E-state index contributed by atoms with van der Waals surface area (Å²) < 4.78 is 0.773. The van der Waals surface area contributed by atoms with E-state index < -0.39 is 0 Å². The topological polar surface area (TPSA) is 29.1 Å². The van der Waals surface area contributed by atoms with Crippen LogP contribution in [0.25, 0.3) is 0 Å². The Bertz CT molecular complexity index is 107. The fourth-order valence-corrected chi connectivity index (χ4v) is 0.968. The first-order chi connectivity index (χ1) is 4.52. The van der Waals surface area contributed by atoms with Crippen molar-refractivity contribution in [2.24, 2.45) is 0 Å². The summed E-state index contributed by atoms with van der Waals surface area (Å²) in [7, 11) is 6.18. The highest BCUT2D eigenvalue weighted by Crippen LogP contribution is 2.01. The smallest absolute Gasteiger partial charge is 0.211 e. The third kappa shape index (κ3) is 2.82. The minimum Gasteiger partial charge on any atom is -0.311 e. The van der Waals surface area contributed by atoms with Crippen molar-refractivity contribution in [2.45, 2.75) is 19.5 Å².